The van der Waals surface area contributed by atoms with E-state index in [1.807, 2.05) is 44.1 Å². The van der Waals surface area contributed by atoms with Gasteiger partial charge in [-0.05, 0) is 42.8 Å². The van der Waals surface area contributed by atoms with Crippen molar-refractivity contribution in [2.45, 2.75) is 13.5 Å². The number of carbonyl (C=O) groups is 1. The van der Waals surface area contributed by atoms with Crippen LogP contribution in [0.15, 0.2) is 42.5 Å². The van der Waals surface area contributed by atoms with Crippen molar-refractivity contribution >= 4 is 12.0 Å². The van der Waals surface area contributed by atoms with Crippen LogP contribution in [0.5, 0.6) is 11.5 Å². The van der Waals surface area contributed by atoms with Crippen LogP contribution >= 0.6 is 0 Å². The summed E-state index contributed by atoms with van der Waals surface area (Å²) in [5, 5.41) is 0. The number of hydrogen-bond acceptors (Lipinski definition) is 4. The van der Waals surface area contributed by atoms with Crippen LogP contribution in [0.4, 0.5) is 5.69 Å². The molecule has 0 aromatic heterocycles. The highest BCUT2D eigenvalue weighted by atomic mass is 16.5. The average Bonchev–Trinajstić information content (AvgIpc) is 2.54. The van der Waals surface area contributed by atoms with Crippen molar-refractivity contribution in [1.29, 1.82) is 0 Å². The first-order chi connectivity index (χ1) is 10.6. The van der Waals surface area contributed by atoms with Gasteiger partial charge in [0.2, 0.25) is 0 Å². The molecule has 0 heterocycles. The summed E-state index contributed by atoms with van der Waals surface area (Å²) < 4.78 is 11.4. The summed E-state index contributed by atoms with van der Waals surface area (Å²) in [6.45, 7) is 2.87. The minimum Gasteiger partial charge on any atom is -0.490 e. The van der Waals surface area contributed by atoms with Gasteiger partial charge in [-0.1, -0.05) is 12.1 Å². The molecule has 2 aromatic carbocycles. The van der Waals surface area contributed by atoms with Crippen LogP contribution in [0, 0.1) is 0 Å². The van der Waals surface area contributed by atoms with Crippen LogP contribution < -0.4 is 14.4 Å². The maximum atomic E-state index is 10.9. The van der Waals surface area contributed by atoms with Gasteiger partial charge in [0.25, 0.3) is 0 Å². The Kier molecular flexibility index (Phi) is 5.42. The van der Waals surface area contributed by atoms with E-state index in [9.17, 15) is 4.79 Å². The van der Waals surface area contributed by atoms with Crippen LogP contribution in [0.25, 0.3) is 0 Å². The number of hydrogen-bond donors (Lipinski definition) is 0. The Bertz CT molecular complexity index is 638. The number of rotatable bonds is 7. The topological polar surface area (TPSA) is 38.8 Å². The second-order valence-electron chi connectivity index (χ2n) is 5.11. The molecule has 4 nitrogen and oxygen atoms in total. The minimum atomic E-state index is 0.447. The van der Waals surface area contributed by atoms with Gasteiger partial charge >= 0.3 is 0 Å². The molecule has 0 N–H and O–H groups in total. The standard InChI is InChI=1S/C18H21NO3/c1-4-21-18-11-14(12-20)8-9-17(18)22-13-15-6-5-7-16(10-15)19(2)3/h5-12H,4,13H2,1-3H3. The zero-order valence-corrected chi connectivity index (χ0v) is 13.2. The lowest BCUT2D eigenvalue weighted by Gasteiger charge is -2.15. The summed E-state index contributed by atoms with van der Waals surface area (Å²) in [6, 6.07) is 13.3. The second-order valence-corrected chi connectivity index (χ2v) is 5.11. The van der Waals surface area contributed by atoms with Gasteiger partial charge in [0.15, 0.2) is 11.5 Å². The molecule has 116 valence electrons. The lowest BCUT2D eigenvalue weighted by atomic mass is 10.2. The van der Waals surface area contributed by atoms with Gasteiger partial charge in [-0.3, -0.25) is 4.79 Å². The highest BCUT2D eigenvalue weighted by molar-refractivity contribution is 5.76. The fraction of sp³-hybridized carbons (Fsp3) is 0.278. The first-order valence-corrected chi connectivity index (χ1v) is 7.25. The molecule has 0 radical (unpaired) electrons. The molecule has 0 aliphatic carbocycles. The van der Waals surface area contributed by atoms with Crippen LogP contribution in [0.1, 0.15) is 22.8 Å². The maximum absolute atomic E-state index is 10.9. The third-order valence-corrected chi connectivity index (χ3v) is 3.22. The number of anilines is 1. The molecule has 0 saturated heterocycles. The molecular formula is C18H21NO3. The number of carbonyl (C=O) groups excluding carboxylic acids is 1. The quantitative estimate of drug-likeness (QED) is 0.733. The fourth-order valence-electron chi connectivity index (χ4n) is 2.07. The minimum absolute atomic E-state index is 0.447. The smallest absolute Gasteiger partial charge is 0.161 e. The van der Waals surface area contributed by atoms with Crippen molar-refractivity contribution in [3.05, 3.63) is 53.6 Å². The van der Waals surface area contributed by atoms with Crippen LogP contribution in [-0.2, 0) is 6.61 Å². The lowest BCUT2D eigenvalue weighted by Crippen LogP contribution is -2.09. The molecule has 0 aliphatic heterocycles. The van der Waals surface area contributed by atoms with Crippen molar-refractivity contribution in [1.82, 2.24) is 0 Å². The third kappa shape index (κ3) is 4.01. The van der Waals surface area contributed by atoms with E-state index in [0.717, 1.165) is 17.5 Å². The summed E-state index contributed by atoms with van der Waals surface area (Å²) >= 11 is 0. The Morgan fingerprint density at radius 2 is 1.86 bits per heavy atom. The second kappa shape index (κ2) is 7.50. The van der Waals surface area contributed by atoms with Crippen molar-refractivity contribution in [3.8, 4) is 11.5 Å². The van der Waals surface area contributed by atoms with Crippen LogP contribution in [-0.4, -0.2) is 27.0 Å². The molecule has 0 saturated carbocycles. The Morgan fingerprint density at radius 1 is 1.05 bits per heavy atom. The van der Waals surface area contributed by atoms with Crippen molar-refractivity contribution < 1.29 is 14.3 Å². The molecule has 4 heteroatoms. The SMILES string of the molecule is CCOc1cc(C=O)ccc1OCc1cccc(N(C)C)c1. The monoisotopic (exact) mass is 299 g/mol. The number of ether oxygens (including phenoxy) is 2. The van der Waals surface area contributed by atoms with Gasteiger partial charge < -0.3 is 14.4 Å². The molecule has 0 atom stereocenters. The van der Waals surface area contributed by atoms with E-state index in [0.29, 0.717) is 30.3 Å². The summed E-state index contributed by atoms with van der Waals surface area (Å²) in [7, 11) is 4.01. The van der Waals surface area contributed by atoms with Gasteiger partial charge in [-0.2, -0.15) is 0 Å². The van der Waals surface area contributed by atoms with E-state index in [-0.39, 0.29) is 0 Å². The first kappa shape index (κ1) is 15.9. The van der Waals surface area contributed by atoms with Crippen LogP contribution in [0.3, 0.4) is 0 Å². The average molecular weight is 299 g/mol. The van der Waals surface area contributed by atoms with E-state index in [4.69, 9.17) is 9.47 Å². The Morgan fingerprint density at radius 3 is 2.55 bits per heavy atom. The van der Waals surface area contributed by atoms with E-state index >= 15 is 0 Å². The Labute approximate surface area is 131 Å². The number of benzene rings is 2. The lowest BCUT2D eigenvalue weighted by molar-refractivity contribution is 0.112. The summed E-state index contributed by atoms with van der Waals surface area (Å²) in [5.74, 6) is 1.23. The predicted octanol–water partition coefficient (Wildman–Crippen LogP) is 3.54. The molecule has 0 spiro atoms. The van der Waals surface area contributed by atoms with Crippen molar-refractivity contribution in [2.24, 2.45) is 0 Å². The first-order valence-electron chi connectivity index (χ1n) is 7.25. The van der Waals surface area contributed by atoms with Gasteiger partial charge in [-0.25, -0.2) is 0 Å². The molecule has 0 fully saturated rings. The van der Waals surface area contributed by atoms with Gasteiger partial charge in [0.05, 0.1) is 6.61 Å². The molecule has 2 rings (SSSR count). The summed E-state index contributed by atoms with van der Waals surface area (Å²) in [5.41, 5.74) is 2.78. The Balaban J connectivity index is 2.13. The number of nitrogens with zero attached hydrogens (tertiary/aromatic N) is 1. The normalized spacial score (nSPS) is 10.1. The molecule has 0 bridgehead atoms. The summed E-state index contributed by atoms with van der Waals surface area (Å²) in [6.07, 6.45) is 0.798. The van der Waals surface area contributed by atoms with E-state index in [2.05, 4.69) is 6.07 Å². The molecule has 0 unspecified atom stereocenters. The van der Waals surface area contributed by atoms with E-state index in [1.165, 1.54) is 0 Å². The number of aldehydes is 1. The highest BCUT2D eigenvalue weighted by Crippen LogP contribution is 2.29. The van der Waals surface area contributed by atoms with Crippen molar-refractivity contribution in [3.63, 3.8) is 0 Å². The zero-order valence-electron chi connectivity index (χ0n) is 13.2. The Hall–Kier alpha value is -2.49. The molecule has 0 amide bonds. The van der Waals surface area contributed by atoms with Gasteiger partial charge in [-0.15, -0.1) is 0 Å². The maximum Gasteiger partial charge on any atom is 0.161 e. The van der Waals surface area contributed by atoms with Crippen LogP contribution in [0.2, 0.25) is 0 Å². The highest BCUT2D eigenvalue weighted by Gasteiger charge is 2.07. The molecular weight excluding hydrogens is 278 g/mol. The molecule has 0 aliphatic rings. The molecule has 2 aromatic rings. The van der Waals surface area contributed by atoms with Gasteiger partial charge in [0.1, 0.15) is 12.9 Å². The zero-order chi connectivity index (χ0) is 15.9. The van der Waals surface area contributed by atoms with E-state index < -0.39 is 0 Å². The van der Waals surface area contributed by atoms with Crippen molar-refractivity contribution in [2.75, 3.05) is 25.6 Å². The largest absolute Gasteiger partial charge is 0.490 e. The third-order valence-electron chi connectivity index (χ3n) is 3.22. The van der Waals surface area contributed by atoms with E-state index in [1.54, 1.807) is 18.2 Å². The fourth-order valence-corrected chi connectivity index (χ4v) is 2.07. The molecule has 22 heavy (non-hydrogen) atoms. The predicted molar refractivity (Wildman–Crippen MR) is 88.1 cm³/mol. The summed E-state index contributed by atoms with van der Waals surface area (Å²) in [4.78, 5) is 12.9. The van der Waals surface area contributed by atoms with Gasteiger partial charge in [0, 0.05) is 25.3 Å².